The third-order valence-electron chi connectivity index (χ3n) is 8.46. The molecule has 1 saturated carbocycles. The molecule has 4 aromatic rings. The van der Waals surface area contributed by atoms with E-state index in [0.29, 0.717) is 16.5 Å². The van der Waals surface area contributed by atoms with Crippen LogP contribution < -0.4 is 20.5 Å². The highest BCUT2D eigenvalue weighted by atomic mass is 19.3. The monoisotopic (exact) mass is 624 g/mol. The predicted molar refractivity (Wildman–Crippen MR) is 154 cm³/mol. The lowest BCUT2D eigenvalue weighted by Gasteiger charge is -2.33. The number of benzene rings is 2. The van der Waals surface area contributed by atoms with Gasteiger partial charge in [-0.3, -0.25) is 14.6 Å². The molecule has 0 bridgehead atoms. The predicted octanol–water partition coefficient (Wildman–Crippen LogP) is 4.60. The fourth-order valence-corrected chi connectivity index (χ4v) is 5.56. The highest BCUT2D eigenvalue weighted by molar-refractivity contribution is 6.00. The van der Waals surface area contributed by atoms with E-state index in [4.69, 9.17) is 10.5 Å². The largest absolute Gasteiger partial charge is 0.489 e. The van der Waals surface area contributed by atoms with Gasteiger partial charge in [0.05, 0.1) is 12.2 Å². The first-order valence-corrected chi connectivity index (χ1v) is 14.0. The molecule has 0 saturated heterocycles. The molecule has 13 heteroatoms. The Balaban J connectivity index is 1.41. The van der Waals surface area contributed by atoms with E-state index < -0.39 is 47.5 Å². The minimum absolute atomic E-state index is 0.0547. The van der Waals surface area contributed by atoms with E-state index >= 15 is 4.39 Å². The van der Waals surface area contributed by atoms with Crippen LogP contribution >= 0.6 is 0 Å². The van der Waals surface area contributed by atoms with Crippen molar-refractivity contribution in [1.29, 1.82) is 0 Å². The summed E-state index contributed by atoms with van der Waals surface area (Å²) in [5, 5.41) is 14.9. The molecule has 2 aromatic carbocycles. The highest BCUT2D eigenvalue weighted by Gasteiger charge is 2.62. The molecule has 4 N–H and O–H groups in total. The number of ether oxygens (including phenoxy) is 2. The van der Waals surface area contributed by atoms with Crippen LogP contribution in [0.15, 0.2) is 54.7 Å². The van der Waals surface area contributed by atoms with Crippen molar-refractivity contribution in [3.05, 3.63) is 82.9 Å². The Morgan fingerprint density at radius 1 is 1.18 bits per heavy atom. The number of aromatic nitrogens is 2. The van der Waals surface area contributed by atoms with Gasteiger partial charge in [-0.15, -0.1) is 0 Å². The van der Waals surface area contributed by atoms with Gasteiger partial charge in [-0.1, -0.05) is 0 Å². The van der Waals surface area contributed by atoms with E-state index in [1.807, 2.05) is 0 Å². The Morgan fingerprint density at radius 3 is 2.53 bits per heavy atom. The first kappa shape index (κ1) is 30.3. The summed E-state index contributed by atoms with van der Waals surface area (Å²) in [6.07, 6.45) is 1.36. The Morgan fingerprint density at radius 2 is 1.89 bits per heavy atom. The minimum atomic E-state index is -3.18. The molecule has 0 unspecified atom stereocenters. The lowest BCUT2D eigenvalue weighted by Crippen LogP contribution is -2.49. The summed E-state index contributed by atoms with van der Waals surface area (Å²) in [7, 11) is 0. The van der Waals surface area contributed by atoms with Crippen LogP contribution in [0.25, 0.3) is 22.2 Å². The Kier molecular flexibility index (Phi) is 7.18. The molecular weight excluding hydrogens is 596 g/mol. The summed E-state index contributed by atoms with van der Waals surface area (Å²) in [5.74, 6) is -2.22. The Bertz CT molecular complexity index is 1850. The molecule has 2 aliphatic rings. The number of pyridine rings is 2. The molecule has 1 fully saturated rings. The molecule has 2 aromatic heterocycles. The molecule has 45 heavy (non-hydrogen) atoms. The number of aliphatic hydroxyl groups is 1. The van der Waals surface area contributed by atoms with E-state index in [1.54, 1.807) is 13.0 Å². The number of hydrogen-bond acceptors (Lipinski definition) is 7. The number of nitrogens with zero attached hydrogens (tertiary/aromatic N) is 2. The summed E-state index contributed by atoms with van der Waals surface area (Å²) in [6.45, 7) is -0.733. The van der Waals surface area contributed by atoms with Gasteiger partial charge < -0.3 is 25.6 Å². The standard InChI is InChI=1S/C32H28F4N4O5/c1-16-9-18-10-19(11-22(45-29(34)35)24(18)38-13-16)27(41)39-14-32(43,31(36)7-8-31)23-12-21-26(44-15-30(21,2)28(37)42)25(40-23)17-3-5-20(33)6-4-17/h3-6,9-13,29,43H,7-8,14-15H2,1-2H3,(H2,37,42)(H,39,41)/t30-,32-/m0/s1. The summed E-state index contributed by atoms with van der Waals surface area (Å²) in [6, 6.07) is 10.7. The lowest BCUT2D eigenvalue weighted by atomic mass is 9.80. The molecule has 6 rings (SSSR count). The number of nitrogens with two attached hydrogens (primary N) is 1. The quantitative estimate of drug-likeness (QED) is 0.232. The van der Waals surface area contributed by atoms with Gasteiger partial charge >= 0.3 is 6.61 Å². The highest BCUT2D eigenvalue weighted by Crippen LogP contribution is 2.55. The molecule has 234 valence electrons. The zero-order valence-electron chi connectivity index (χ0n) is 24.2. The number of fused-ring (bicyclic) bond motifs is 2. The fourth-order valence-electron chi connectivity index (χ4n) is 5.56. The van der Waals surface area contributed by atoms with Crippen molar-refractivity contribution < 1.29 is 41.7 Å². The number of halogens is 4. The Hall–Kier alpha value is -4.78. The summed E-state index contributed by atoms with van der Waals surface area (Å²) >= 11 is 0. The van der Waals surface area contributed by atoms with Gasteiger partial charge in [0.2, 0.25) is 5.91 Å². The van der Waals surface area contributed by atoms with E-state index in [1.165, 1.54) is 49.5 Å². The molecule has 3 heterocycles. The molecule has 0 spiro atoms. The third-order valence-corrected chi connectivity index (χ3v) is 8.46. The number of primary amides is 1. The Labute approximate surface area is 254 Å². The van der Waals surface area contributed by atoms with Gasteiger partial charge in [-0.2, -0.15) is 8.78 Å². The van der Waals surface area contributed by atoms with E-state index in [9.17, 15) is 27.9 Å². The van der Waals surface area contributed by atoms with Crippen LogP contribution in [0, 0.1) is 12.7 Å². The maximum absolute atomic E-state index is 16.1. The topological polar surface area (TPSA) is 137 Å². The molecule has 2 atom stereocenters. The second-order valence-electron chi connectivity index (χ2n) is 11.7. The number of carbonyl (C=O) groups is 2. The number of carbonyl (C=O) groups excluding carboxylic acids is 2. The van der Waals surface area contributed by atoms with Crippen LogP contribution in [0.5, 0.6) is 11.5 Å². The lowest BCUT2D eigenvalue weighted by molar-refractivity contribution is -0.123. The number of nitrogens with one attached hydrogen (secondary N) is 1. The summed E-state index contributed by atoms with van der Waals surface area (Å²) in [4.78, 5) is 34.6. The van der Waals surface area contributed by atoms with E-state index in [0.717, 1.165) is 6.07 Å². The second-order valence-corrected chi connectivity index (χ2v) is 11.7. The van der Waals surface area contributed by atoms with Crippen molar-refractivity contribution in [2.45, 2.75) is 50.0 Å². The van der Waals surface area contributed by atoms with Crippen molar-refractivity contribution in [3.8, 4) is 22.8 Å². The molecule has 1 aliphatic carbocycles. The number of rotatable bonds is 9. The maximum Gasteiger partial charge on any atom is 0.387 e. The summed E-state index contributed by atoms with van der Waals surface area (Å²) in [5.41, 5.74) is 0.986. The van der Waals surface area contributed by atoms with Gasteiger partial charge in [0.1, 0.15) is 40.5 Å². The molecule has 0 radical (unpaired) electrons. The van der Waals surface area contributed by atoms with Crippen molar-refractivity contribution in [1.82, 2.24) is 15.3 Å². The molecule has 9 nitrogen and oxygen atoms in total. The average molecular weight is 625 g/mol. The zero-order chi connectivity index (χ0) is 32.3. The van der Waals surface area contributed by atoms with Gasteiger partial charge in [-0.05, 0) is 80.8 Å². The number of amides is 2. The van der Waals surface area contributed by atoms with Crippen LogP contribution in [0.4, 0.5) is 17.6 Å². The second kappa shape index (κ2) is 10.7. The molecule has 2 amide bonds. The zero-order valence-corrected chi connectivity index (χ0v) is 24.2. The van der Waals surface area contributed by atoms with Crippen molar-refractivity contribution in [2.24, 2.45) is 5.73 Å². The molecule has 1 aliphatic heterocycles. The van der Waals surface area contributed by atoms with Crippen molar-refractivity contribution >= 4 is 22.7 Å². The van der Waals surface area contributed by atoms with Gasteiger partial charge in [0.25, 0.3) is 5.91 Å². The van der Waals surface area contributed by atoms with Gasteiger partial charge in [0.15, 0.2) is 11.4 Å². The average Bonchev–Trinajstić information content (AvgIpc) is 3.67. The van der Waals surface area contributed by atoms with E-state index in [-0.39, 0.29) is 59.0 Å². The number of alkyl halides is 3. The number of hydrogen-bond donors (Lipinski definition) is 3. The summed E-state index contributed by atoms with van der Waals surface area (Å²) < 4.78 is 66.7. The number of aryl methyl sites for hydroxylation is 1. The maximum atomic E-state index is 16.1. The van der Waals surface area contributed by atoms with E-state index in [2.05, 4.69) is 20.0 Å². The van der Waals surface area contributed by atoms with Gasteiger partial charge in [0, 0.05) is 28.3 Å². The van der Waals surface area contributed by atoms with Crippen molar-refractivity contribution in [2.75, 3.05) is 13.2 Å². The minimum Gasteiger partial charge on any atom is -0.489 e. The van der Waals surface area contributed by atoms with Crippen LogP contribution in [0.2, 0.25) is 0 Å². The normalized spacial score (nSPS) is 19.5. The van der Waals surface area contributed by atoms with Crippen LogP contribution in [-0.2, 0) is 15.8 Å². The first-order valence-electron chi connectivity index (χ1n) is 14.0. The van der Waals surface area contributed by atoms with Gasteiger partial charge in [-0.25, -0.2) is 13.8 Å². The first-order chi connectivity index (χ1) is 21.2. The fraction of sp³-hybridized carbons (Fsp3) is 0.312. The third kappa shape index (κ3) is 5.20. The van der Waals surface area contributed by atoms with Crippen LogP contribution in [0.1, 0.15) is 46.9 Å². The van der Waals surface area contributed by atoms with Crippen LogP contribution in [0.3, 0.4) is 0 Å². The SMILES string of the molecule is Cc1cnc2c(OC(F)F)cc(C(=O)NC[C@](O)(c3cc4c(c(-c5ccc(F)cc5)n3)OC[C@]4(C)C(N)=O)C3(F)CC3)cc2c1. The van der Waals surface area contributed by atoms with Crippen molar-refractivity contribution in [3.63, 3.8) is 0 Å². The smallest absolute Gasteiger partial charge is 0.387 e. The molecular formula is C32H28F4N4O5. The van der Waals surface area contributed by atoms with Crippen LogP contribution in [-0.4, -0.2) is 52.3 Å².